The van der Waals surface area contributed by atoms with Crippen LogP contribution in [0.5, 0.6) is 0 Å². The molecule has 1 amide bonds. The second kappa shape index (κ2) is 6.71. The minimum Gasteiger partial charge on any atom is -0.318 e. The number of hydrogen-bond donors (Lipinski definition) is 1. The van der Waals surface area contributed by atoms with E-state index in [-0.39, 0.29) is 12.2 Å². The molecule has 1 saturated carbocycles. The minimum atomic E-state index is 0.00966. The van der Waals surface area contributed by atoms with Gasteiger partial charge in [0.1, 0.15) is 6.17 Å². The van der Waals surface area contributed by atoms with Gasteiger partial charge in [-0.05, 0) is 43.4 Å². The van der Waals surface area contributed by atoms with Crippen LogP contribution in [0, 0.1) is 0 Å². The SMILES string of the molecule is CCCC1NC(c2cccs2)N(C2CCC(SC)C2)C1=O. The summed E-state index contributed by atoms with van der Waals surface area (Å²) in [5, 5.41) is 6.41. The van der Waals surface area contributed by atoms with E-state index in [4.69, 9.17) is 0 Å². The van der Waals surface area contributed by atoms with Crippen LogP contribution in [0.4, 0.5) is 0 Å². The van der Waals surface area contributed by atoms with Crippen molar-refractivity contribution in [1.29, 1.82) is 0 Å². The van der Waals surface area contributed by atoms with Gasteiger partial charge in [0.05, 0.1) is 6.04 Å². The van der Waals surface area contributed by atoms with Gasteiger partial charge in [-0.1, -0.05) is 19.4 Å². The molecule has 0 spiro atoms. The summed E-state index contributed by atoms with van der Waals surface area (Å²) in [7, 11) is 0. The van der Waals surface area contributed by atoms with E-state index >= 15 is 0 Å². The predicted molar refractivity (Wildman–Crippen MR) is 90.7 cm³/mol. The molecule has 4 unspecified atom stereocenters. The fourth-order valence-corrected chi connectivity index (χ4v) is 5.15. The molecule has 2 aliphatic rings. The van der Waals surface area contributed by atoms with E-state index in [1.54, 1.807) is 11.3 Å². The quantitative estimate of drug-likeness (QED) is 0.897. The molecule has 1 aliphatic heterocycles. The van der Waals surface area contributed by atoms with Crippen molar-refractivity contribution in [3.05, 3.63) is 22.4 Å². The zero-order valence-electron chi connectivity index (χ0n) is 12.7. The van der Waals surface area contributed by atoms with E-state index in [1.165, 1.54) is 11.3 Å². The molecule has 2 heterocycles. The Morgan fingerprint density at radius 3 is 2.95 bits per heavy atom. The molecule has 116 valence electrons. The van der Waals surface area contributed by atoms with Gasteiger partial charge in [-0.2, -0.15) is 11.8 Å². The standard InChI is InChI=1S/C16H24N2OS2/c1-3-5-13-16(19)18(11-7-8-12(10-11)20-2)15(17-13)14-6-4-9-21-14/h4,6,9,11-13,15,17H,3,5,7-8,10H2,1-2H3. The van der Waals surface area contributed by atoms with Gasteiger partial charge in [-0.15, -0.1) is 11.3 Å². The number of thiophene rings is 1. The van der Waals surface area contributed by atoms with E-state index in [0.29, 0.717) is 11.9 Å². The van der Waals surface area contributed by atoms with Crippen LogP contribution in [0.2, 0.25) is 0 Å². The Bertz CT molecular complexity index is 477. The molecule has 4 atom stereocenters. The number of amides is 1. The summed E-state index contributed by atoms with van der Waals surface area (Å²) >= 11 is 3.70. The number of rotatable bonds is 5. The number of carbonyl (C=O) groups excluding carboxylic acids is 1. The molecular formula is C16H24N2OS2. The first-order valence-corrected chi connectivity index (χ1v) is 10.1. The molecule has 5 heteroatoms. The summed E-state index contributed by atoms with van der Waals surface area (Å²) in [6.45, 7) is 2.15. The highest BCUT2D eigenvalue weighted by molar-refractivity contribution is 7.99. The van der Waals surface area contributed by atoms with Crippen molar-refractivity contribution in [2.24, 2.45) is 0 Å². The van der Waals surface area contributed by atoms with Gasteiger partial charge in [0.2, 0.25) is 5.91 Å². The molecule has 1 aliphatic carbocycles. The van der Waals surface area contributed by atoms with Crippen molar-refractivity contribution in [1.82, 2.24) is 10.2 Å². The minimum absolute atomic E-state index is 0.00966. The molecule has 2 fully saturated rings. The lowest BCUT2D eigenvalue weighted by Gasteiger charge is -2.29. The van der Waals surface area contributed by atoms with Crippen molar-refractivity contribution in [3.8, 4) is 0 Å². The Labute approximate surface area is 135 Å². The van der Waals surface area contributed by atoms with Crippen LogP contribution < -0.4 is 5.32 Å². The molecule has 0 radical (unpaired) electrons. The van der Waals surface area contributed by atoms with Crippen LogP contribution >= 0.6 is 23.1 Å². The van der Waals surface area contributed by atoms with Gasteiger partial charge in [0, 0.05) is 16.2 Å². The van der Waals surface area contributed by atoms with Crippen LogP contribution in [0.15, 0.2) is 17.5 Å². The normalized spacial score (nSPS) is 33.0. The summed E-state index contributed by atoms with van der Waals surface area (Å²) in [4.78, 5) is 16.3. The zero-order chi connectivity index (χ0) is 14.8. The van der Waals surface area contributed by atoms with E-state index in [9.17, 15) is 4.79 Å². The van der Waals surface area contributed by atoms with Gasteiger partial charge in [-0.25, -0.2) is 0 Å². The maximum absolute atomic E-state index is 12.8. The summed E-state index contributed by atoms with van der Waals surface area (Å²) < 4.78 is 0. The first-order valence-electron chi connectivity index (χ1n) is 7.89. The molecular weight excluding hydrogens is 300 g/mol. The summed E-state index contributed by atoms with van der Waals surface area (Å²) in [6, 6.07) is 4.65. The summed E-state index contributed by atoms with van der Waals surface area (Å²) in [6.07, 6.45) is 7.82. The van der Waals surface area contributed by atoms with Crippen molar-refractivity contribution in [3.63, 3.8) is 0 Å². The van der Waals surface area contributed by atoms with Crippen molar-refractivity contribution in [2.75, 3.05) is 6.26 Å². The fourth-order valence-electron chi connectivity index (χ4n) is 3.59. The van der Waals surface area contributed by atoms with Gasteiger partial charge < -0.3 is 4.90 Å². The van der Waals surface area contributed by atoms with E-state index in [1.807, 2.05) is 11.8 Å². The number of hydrogen-bond acceptors (Lipinski definition) is 4. The van der Waals surface area contributed by atoms with Crippen LogP contribution in [-0.4, -0.2) is 34.4 Å². The maximum Gasteiger partial charge on any atom is 0.241 e. The highest BCUT2D eigenvalue weighted by Crippen LogP contribution is 2.39. The lowest BCUT2D eigenvalue weighted by Crippen LogP contribution is -2.38. The van der Waals surface area contributed by atoms with Crippen LogP contribution in [0.3, 0.4) is 0 Å². The summed E-state index contributed by atoms with van der Waals surface area (Å²) in [5.74, 6) is 0.321. The third-order valence-corrected chi connectivity index (χ3v) is 6.68. The number of carbonyl (C=O) groups is 1. The number of nitrogens with zero attached hydrogens (tertiary/aromatic N) is 1. The highest BCUT2D eigenvalue weighted by Gasteiger charge is 2.44. The van der Waals surface area contributed by atoms with E-state index in [0.717, 1.165) is 30.9 Å². The first kappa shape index (κ1) is 15.4. The smallest absolute Gasteiger partial charge is 0.241 e. The molecule has 3 nitrogen and oxygen atoms in total. The zero-order valence-corrected chi connectivity index (χ0v) is 14.4. The third kappa shape index (κ3) is 3.01. The van der Waals surface area contributed by atoms with Gasteiger partial charge >= 0.3 is 0 Å². The fraction of sp³-hybridized carbons (Fsp3) is 0.688. The Balaban J connectivity index is 1.81. The molecule has 3 rings (SSSR count). The van der Waals surface area contributed by atoms with Crippen LogP contribution in [0.1, 0.15) is 50.1 Å². The third-order valence-electron chi connectivity index (χ3n) is 4.66. The molecule has 0 aromatic carbocycles. The Kier molecular flexibility index (Phi) is 4.92. The van der Waals surface area contributed by atoms with Gasteiger partial charge in [-0.3, -0.25) is 10.1 Å². The molecule has 0 bridgehead atoms. The molecule has 1 aromatic rings. The lowest BCUT2D eigenvalue weighted by molar-refractivity contribution is -0.132. The lowest BCUT2D eigenvalue weighted by atomic mass is 10.1. The summed E-state index contributed by atoms with van der Waals surface area (Å²) in [5.41, 5.74) is 0. The maximum atomic E-state index is 12.8. The molecule has 1 saturated heterocycles. The molecule has 21 heavy (non-hydrogen) atoms. The van der Waals surface area contributed by atoms with Crippen molar-refractivity contribution < 1.29 is 4.79 Å². The van der Waals surface area contributed by atoms with Gasteiger partial charge in [0.15, 0.2) is 0 Å². The van der Waals surface area contributed by atoms with Crippen LogP contribution in [0.25, 0.3) is 0 Å². The highest BCUT2D eigenvalue weighted by atomic mass is 32.2. The van der Waals surface area contributed by atoms with E-state index < -0.39 is 0 Å². The van der Waals surface area contributed by atoms with Crippen molar-refractivity contribution in [2.45, 2.75) is 62.5 Å². The predicted octanol–water partition coefficient (Wildman–Crippen LogP) is 3.63. The van der Waals surface area contributed by atoms with Crippen molar-refractivity contribution >= 4 is 29.0 Å². The second-order valence-electron chi connectivity index (χ2n) is 6.00. The molecule has 1 N–H and O–H groups in total. The largest absolute Gasteiger partial charge is 0.318 e. The monoisotopic (exact) mass is 324 g/mol. The van der Waals surface area contributed by atoms with E-state index in [2.05, 4.69) is 40.9 Å². The second-order valence-corrected chi connectivity index (χ2v) is 8.11. The number of thioether (sulfide) groups is 1. The van der Waals surface area contributed by atoms with Crippen LogP contribution in [-0.2, 0) is 4.79 Å². The average molecular weight is 325 g/mol. The average Bonchev–Trinajstić information content (AvgIpc) is 3.19. The molecule has 1 aromatic heterocycles. The number of nitrogens with one attached hydrogen (secondary N) is 1. The van der Waals surface area contributed by atoms with Gasteiger partial charge in [0.25, 0.3) is 0 Å². The topological polar surface area (TPSA) is 32.3 Å². The Hall–Kier alpha value is -0.520. The Morgan fingerprint density at radius 1 is 1.48 bits per heavy atom. The Morgan fingerprint density at radius 2 is 2.33 bits per heavy atom. The first-order chi connectivity index (χ1) is 10.2.